The van der Waals surface area contributed by atoms with Crippen molar-refractivity contribution in [3.63, 3.8) is 0 Å². The molecule has 5 rings (SSSR count). The molecule has 3 aromatic carbocycles. The molecule has 1 amide bonds. The highest BCUT2D eigenvalue weighted by Crippen LogP contribution is 2.48. The Kier molecular flexibility index (Phi) is 10.1. The molecular weight excluding hydrogens is 715 g/mol. The predicted octanol–water partition coefficient (Wildman–Crippen LogP) is 3.53. The van der Waals surface area contributed by atoms with Gasteiger partial charge in [0.25, 0.3) is 20.2 Å². The summed E-state index contributed by atoms with van der Waals surface area (Å²) in [5.41, 5.74) is -0.101. The van der Waals surface area contributed by atoms with Crippen LogP contribution >= 0.6 is 23.2 Å². The molecule has 2 heterocycles. The predicted molar refractivity (Wildman–Crippen MR) is 175 cm³/mol. The maximum absolute atomic E-state index is 12.6. The second-order valence-electron chi connectivity index (χ2n) is 10.8. The molecule has 0 aromatic heterocycles. The minimum atomic E-state index is -4.92. The van der Waals surface area contributed by atoms with E-state index in [1.165, 1.54) is 38.3 Å². The summed E-state index contributed by atoms with van der Waals surface area (Å²) in [5.74, 6) is -1.41. The van der Waals surface area contributed by atoms with Gasteiger partial charge in [-0.25, -0.2) is 9.98 Å². The fourth-order valence-corrected chi connectivity index (χ4v) is 7.05. The van der Waals surface area contributed by atoms with Crippen LogP contribution in [0.15, 0.2) is 44.0 Å². The standard InChI is InChI=1S/C28H30Cl2N6O10S2/c1-12(33-11-44-4)9-31-17-7-5-15-23(27(17)47(38,39)40)45-25-19(29)22-26(20(30)21(25)35-15)46-24-16(36-22)6-8-18(28(24)48(41,42)43)32-10-13(2)34-14(3)37/h5-8,12-13,31-33H,9-11H2,1-4H3,(H,34,37)(H,38,39,40)(H,41,42,43). The first kappa shape index (κ1) is 35.6. The Morgan fingerprint density at radius 1 is 0.812 bits per heavy atom. The molecule has 20 heteroatoms. The van der Waals surface area contributed by atoms with Gasteiger partial charge in [-0.2, -0.15) is 16.8 Å². The number of amides is 1. The van der Waals surface area contributed by atoms with Crippen LogP contribution in [-0.4, -0.2) is 70.9 Å². The van der Waals surface area contributed by atoms with Gasteiger partial charge in [-0.15, -0.1) is 0 Å². The summed E-state index contributed by atoms with van der Waals surface area (Å²) in [5, 5.41) is 10.9. The van der Waals surface area contributed by atoms with Gasteiger partial charge in [-0.05, 0) is 38.1 Å². The van der Waals surface area contributed by atoms with Crippen molar-refractivity contribution in [2.75, 3.05) is 37.6 Å². The highest BCUT2D eigenvalue weighted by molar-refractivity contribution is 7.86. The van der Waals surface area contributed by atoms with Crippen LogP contribution in [0.5, 0.6) is 23.0 Å². The Hall–Kier alpha value is -3.75. The highest BCUT2D eigenvalue weighted by Gasteiger charge is 2.34. The van der Waals surface area contributed by atoms with Crippen LogP contribution in [0.3, 0.4) is 0 Å². The van der Waals surface area contributed by atoms with Gasteiger partial charge in [0.2, 0.25) is 5.91 Å². The average molecular weight is 746 g/mol. The number of hydrogen-bond acceptors (Lipinski definition) is 13. The Labute approximate surface area is 285 Å². The zero-order chi connectivity index (χ0) is 35.1. The van der Waals surface area contributed by atoms with E-state index in [1.807, 2.05) is 6.92 Å². The molecule has 2 unspecified atom stereocenters. The highest BCUT2D eigenvalue weighted by atomic mass is 35.5. The quantitative estimate of drug-likeness (QED) is 0.0795. The van der Waals surface area contributed by atoms with Crippen LogP contribution in [0, 0.1) is 0 Å². The first-order chi connectivity index (χ1) is 22.5. The van der Waals surface area contributed by atoms with Crippen LogP contribution in [0.1, 0.15) is 20.8 Å². The third kappa shape index (κ3) is 7.15. The SMILES string of the molecule is COCNC(C)CNc1ccc2c(c1S(=O)(=O)O)Oc1c(Cl)c3c(c(Cl)c1=N2)Oc1c(ccc(NCC(C)NC(C)=O)c1S(=O)(=O)O)N=3. The van der Waals surface area contributed by atoms with Gasteiger partial charge in [-0.3, -0.25) is 19.2 Å². The number of ether oxygens (including phenoxy) is 3. The maximum atomic E-state index is 12.6. The Bertz CT molecular complexity index is 2170. The Morgan fingerprint density at radius 2 is 1.25 bits per heavy atom. The number of nitrogens with one attached hydrogen (secondary N) is 4. The molecule has 2 atom stereocenters. The van der Waals surface area contributed by atoms with E-state index < -0.39 is 36.1 Å². The first-order valence-corrected chi connectivity index (χ1v) is 17.7. The maximum Gasteiger partial charge on any atom is 0.300 e. The molecule has 0 saturated heterocycles. The van der Waals surface area contributed by atoms with E-state index in [0.29, 0.717) is 0 Å². The lowest BCUT2D eigenvalue weighted by molar-refractivity contribution is -0.119. The summed E-state index contributed by atoms with van der Waals surface area (Å²) in [7, 11) is -8.29. The minimum Gasteiger partial charge on any atom is -0.450 e. The summed E-state index contributed by atoms with van der Waals surface area (Å²) >= 11 is 13.4. The number of hydrogen-bond donors (Lipinski definition) is 6. The summed E-state index contributed by atoms with van der Waals surface area (Å²) < 4.78 is 87.7. The number of methoxy groups -OCH3 is 1. The van der Waals surface area contributed by atoms with E-state index in [-0.39, 0.29) is 98.3 Å². The van der Waals surface area contributed by atoms with E-state index in [0.717, 1.165) is 0 Å². The topological polar surface area (TPSA) is 226 Å². The number of benzene rings is 3. The zero-order valence-corrected chi connectivity index (χ0v) is 28.9. The number of anilines is 2. The second kappa shape index (κ2) is 13.6. The third-order valence-corrected chi connectivity index (χ3v) is 9.58. The number of nitrogens with zero attached hydrogens (tertiary/aromatic N) is 2. The van der Waals surface area contributed by atoms with Crippen LogP contribution in [-0.2, 0) is 29.8 Å². The second-order valence-corrected chi connectivity index (χ2v) is 14.3. The fraction of sp³-hybridized carbons (Fsp3) is 0.321. The van der Waals surface area contributed by atoms with Crippen molar-refractivity contribution in [1.29, 1.82) is 0 Å². The van der Waals surface area contributed by atoms with E-state index in [4.69, 9.17) is 37.4 Å². The number of rotatable bonds is 12. The summed E-state index contributed by atoms with van der Waals surface area (Å²) in [6.45, 7) is 5.45. The number of carbonyl (C=O) groups excluding carboxylic acids is 1. The average Bonchev–Trinajstić information content (AvgIpc) is 3.00. The number of carbonyl (C=O) groups is 1. The van der Waals surface area contributed by atoms with Crippen molar-refractivity contribution in [3.05, 3.63) is 45.0 Å². The first-order valence-electron chi connectivity index (χ1n) is 14.1. The smallest absolute Gasteiger partial charge is 0.300 e. The van der Waals surface area contributed by atoms with Crippen molar-refractivity contribution in [2.45, 2.75) is 42.6 Å². The molecule has 258 valence electrons. The minimum absolute atomic E-state index is 0.0247. The molecule has 0 fully saturated rings. The van der Waals surface area contributed by atoms with Crippen LogP contribution in [0.25, 0.3) is 0 Å². The lowest BCUT2D eigenvalue weighted by atomic mass is 10.2. The molecule has 0 spiro atoms. The van der Waals surface area contributed by atoms with Gasteiger partial charge < -0.3 is 30.2 Å². The molecular formula is C28H30Cl2N6O10S2. The van der Waals surface area contributed by atoms with E-state index in [1.54, 1.807) is 6.92 Å². The third-order valence-electron chi connectivity index (χ3n) is 7.04. The monoisotopic (exact) mass is 744 g/mol. The fourth-order valence-electron chi connectivity index (χ4n) is 4.94. The number of halogens is 2. The lowest BCUT2D eigenvalue weighted by Gasteiger charge is -2.24. The molecule has 0 aliphatic carbocycles. The van der Waals surface area contributed by atoms with Gasteiger partial charge in [0, 0.05) is 39.2 Å². The van der Waals surface area contributed by atoms with Gasteiger partial charge in [0.15, 0.2) is 32.8 Å². The molecule has 3 aromatic rings. The van der Waals surface area contributed by atoms with Crippen LogP contribution in [0.2, 0.25) is 10.0 Å². The van der Waals surface area contributed by atoms with Gasteiger partial charge >= 0.3 is 0 Å². The van der Waals surface area contributed by atoms with Crippen molar-refractivity contribution in [1.82, 2.24) is 10.6 Å². The molecule has 0 bridgehead atoms. The van der Waals surface area contributed by atoms with Crippen LogP contribution in [0.4, 0.5) is 22.7 Å². The molecule has 0 saturated carbocycles. The molecule has 2 aliphatic rings. The van der Waals surface area contributed by atoms with Gasteiger partial charge in [0.1, 0.15) is 32.1 Å². The molecule has 16 nitrogen and oxygen atoms in total. The van der Waals surface area contributed by atoms with Crippen molar-refractivity contribution >= 4 is 72.1 Å². The Morgan fingerprint density at radius 3 is 1.65 bits per heavy atom. The van der Waals surface area contributed by atoms with E-state index in [2.05, 4.69) is 31.3 Å². The summed E-state index contributed by atoms with van der Waals surface area (Å²) in [6, 6.07) is 5.00. The van der Waals surface area contributed by atoms with Crippen molar-refractivity contribution in [2.24, 2.45) is 9.98 Å². The van der Waals surface area contributed by atoms with E-state index in [9.17, 15) is 30.7 Å². The zero-order valence-electron chi connectivity index (χ0n) is 25.7. The molecule has 0 radical (unpaired) electrons. The number of fused-ring (bicyclic) bond motifs is 4. The summed E-state index contributed by atoms with van der Waals surface area (Å²) in [6.07, 6.45) is 0. The van der Waals surface area contributed by atoms with Gasteiger partial charge in [0.05, 0.1) is 18.1 Å². The normalized spacial score (nSPS) is 14.3. The van der Waals surface area contributed by atoms with Crippen molar-refractivity contribution in [3.8, 4) is 23.0 Å². The summed E-state index contributed by atoms with van der Waals surface area (Å²) in [4.78, 5) is 19.0. The molecule has 48 heavy (non-hydrogen) atoms. The molecule has 6 N–H and O–H groups in total. The molecule has 2 aliphatic heterocycles. The largest absolute Gasteiger partial charge is 0.450 e. The van der Waals surface area contributed by atoms with Gasteiger partial charge in [-0.1, -0.05) is 23.2 Å². The van der Waals surface area contributed by atoms with Crippen LogP contribution < -0.4 is 41.5 Å². The Balaban J connectivity index is 1.60. The van der Waals surface area contributed by atoms with Crippen molar-refractivity contribution < 1.29 is 44.9 Å². The van der Waals surface area contributed by atoms with E-state index >= 15 is 0 Å². The lowest BCUT2D eigenvalue weighted by Crippen LogP contribution is -2.36.